The van der Waals surface area contributed by atoms with Crippen LogP contribution in [0.2, 0.25) is 0 Å². The summed E-state index contributed by atoms with van der Waals surface area (Å²) in [6, 6.07) is 8.57. The highest BCUT2D eigenvalue weighted by molar-refractivity contribution is 7.89. The molecule has 7 nitrogen and oxygen atoms in total. The van der Waals surface area contributed by atoms with Crippen LogP contribution >= 0.6 is 0 Å². The first-order valence-electron chi connectivity index (χ1n) is 9.92. The summed E-state index contributed by atoms with van der Waals surface area (Å²) >= 11 is 0. The summed E-state index contributed by atoms with van der Waals surface area (Å²) in [4.78, 5) is 12.4. The number of nitrogens with one attached hydrogen (secondary N) is 2. The molecule has 2 aromatic rings. The Morgan fingerprint density at radius 1 is 1.10 bits per heavy atom. The van der Waals surface area contributed by atoms with E-state index in [0.717, 1.165) is 19.3 Å². The maximum atomic E-state index is 12.8. The van der Waals surface area contributed by atoms with Crippen molar-refractivity contribution >= 4 is 15.9 Å². The van der Waals surface area contributed by atoms with Gasteiger partial charge in [-0.05, 0) is 42.8 Å². The molecule has 0 saturated carbocycles. The molecule has 2 N–H and O–H groups in total. The largest absolute Gasteiger partial charge is 0.497 e. The van der Waals surface area contributed by atoms with Gasteiger partial charge in [-0.2, -0.15) is 4.72 Å². The number of carbonyl (C=O) groups is 1. The molecule has 0 aliphatic rings. The monoisotopic (exact) mass is 422 g/mol. The fourth-order valence-electron chi connectivity index (χ4n) is 2.91. The lowest BCUT2D eigenvalue weighted by molar-refractivity contribution is -0.121. The van der Waals surface area contributed by atoms with Gasteiger partial charge in [0.05, 0.1) is 30.7 Å². The number of furan rings is 1. The molecule has 0 aliphatic carbocycles. The Morgan fingerprint density at radius 3 is 2.45 bits per heavy atom. The molecule has 1 aromatic carbocycles. The Kier molecular flexibility index (Phi) is 9.21. The fraction of sp³-hybridized carbons (Fsp3) is 0.476. The van der Waals surface area contributed by atoms with E-state index < -0.39 is 16.1 Å². The minimum Gasteiger partial charge on any atom is -0.497 e. The third-order valence-electron chi connectivity index (χ3n) is 4.55. The van der Waals surface area contributed by atoms with Crippen LogP contribution in [0.1, 0.15) is 57.3 Å². The predicted octanol–water partition coefficient (Wildman–Crippen LogP) is 3.78. The van der Waals surface area contributed by atoms with Gasteiger partial charge in [-0.1, -0.05) is 32.6 Å². The highest BCUT2D eigenvalue weighted by atomic mass is 32.2. The normalized spacial score (nSPS) is 12.5. The topological polar surface area (TPSA) is 97.6 Å². The molecule has 8 heteroatoms. The molecule has 0 fully saturated rings. The summed E-state index contributed by atoms with van der Waals surface area (Å²) in [6.45, 7) is 2.74. The maximum absolute atomic E-state index is 12.8. The first-order chi connectivity index (χ1) is 14.0. The minimum atomic E-state index is -3.84. The van der Waals surface area contributed by atoms with Crippen LogP contribution in [0.15, 0.2) is 52.0 Å². The molecular formula is C21H30N2O5S. The molecule has 0 saturated heterocycles. The quantitative estimate of drug-likeness (QED) is 0.479. The van der Waals surface area contributed by atoms with Gasteiger partial charge >= 0.3 is 0 Å². The van der Waals surface area contributed by atoms with Gasteiger partial charge in [0.1, 0.15) is 11.5 Å². The Bertz CT molecular complexity index is 832. The van der Waals surface area contributed by atoms with Crippen LogP contribution in [0.4, 0.5) is 0 Å². The molecule has 0 bridgehead atoms. The van der Waals surface area contributed by atoms with Crippen molar-refractivity contribution in [2.45, 2.75) is 56.4 Å². The molecule has 160 valence electrons. The van der Waals surface area contributed by atoms with Crippen LogP contribution in [0.5, 0.6) is 5.75 Å². The van der Waals surface area contributed by atoms with Gasteiger partial charge in [0, 0.05) is 6.54 Å². The summed E-state index contributed by atoms with van der Waals surface area (Å²) in [6.07, 6.45) is 6.91. The number of carbonyl (C=O) groups excluding carboxylic acids is 1. The van der Waals surface area contributed by atoms with Crippen molar-refractivity contribution in [1.82, 2.24) is 10.0 Å². The van der Waals surface area contributed by atoms with E-state index in [1.165, 1.54) is 38.3 Å². The van der Waals surface area contributed by atoms with E-state index >= 15 is 0 Å². The van der Waals surface area contributed by atoms with Crippen LogP contribution in [0.3, 0.4) is 0 Å². The number of benzene rings is 1. The van der Waals surface area contributed by atoms with Crippen LogP contribution < -0.4 is 14.8 Å². The number of ether oxygens (including phenoxy) is 1. The highest BCUT2D eigenvalue weighted by Crippen LogP contribution is 2.22. The highest BCUT2D eigenvalue weighted by Gasteiger charge is 2.25. The molecule has 1 amide bonds. The number of methoxy groups -OCH3 is 1. The SMILES string of the molecule is CCCCCCCNC(=O)C[C@@H](NS(=O)(=O)c1ccc(OC)cc1)c1ccco1. The molecule has 1 heterocycles. The second-order valence-corrected chi connectivity index (χ2v) is 8.55. The molecule has 29 heavy (non-hydrogen) atoms. The lowest BCUT2D eigenvalue weighted by Gasteiger charge is -2.17. The average Bonchev–Trinajstić information content (AvgIpc) is 3.25. The van der Waals surface area contributed by atoms with Gasteiger partial charge in [-0.15, -0.1) is 0 Å². The first-order valence-corrected chi connectivity index (χ1v) is 11.4. The predicted molar refractivity (Wildman–Crippen MR) is 111 cm³/mol. The van der Waals surface area contributed by atoms with E-state index in [4.69, 9.17) is 9.15 Å². The zero-order valence-electron chi connectivity index (χ0n) is 17.0. The van der Waals surface area contributed by atoms with Gasteiger partial charge in [0.15, 0.2) is 0 Å². The van der Waals surface area contributed by atoms with Crippen LogP contribution in [0.25, 0.3) is 0 Å². The Balaban J connectivity index is 1.98. The van der Waals surface area contributed by atoms with Gasteiger partial charge in [-0.3, -0.25) is 4.79 Å². The summed E-state index contributed by atoms with van der Waals surface area (Å²) in [5, 5.41) is 2.86. The lowest BCUT2D eigenvalue weighted by atomic mass is 10.1. The van der Waals surface area contributed by atoms with Crippen LogP contribution in [0, 0.1) is 0 Å². The van der Waals surface area contributed by atoms with Gasteiger partial charge in [0.2, 0.25) is 15.9 Å². The standard InChI is InChI=1S/C21H30N2O5S/c1-3-4-5-6-7-14-22-21(24)16-19(20-9-8-15-28-20)23-29(25,26)18-12-10-17(27-2)11-13-18/h8-13,15,19,23H,3-7,14,16H2,1-2H3,(H,22,24)/t19-/m1/s1. The second-order valence-electron chi connectivity index (χ2n) is 6.83. The molecule has 1 aromatic heterocycles. The number of unbranched alkanes of at least 4 members (excludes halogenated alkanes) is 4. The second kappa shape index (κ2) is 11.6. The van der Waals surface area contributed by atoms with Crippen molar-refractivity contribution in [2.24, 2.45) is 0 Å². The zero-order chi connectivity index (χ0) is 21.1. The molecule has 0 aliphatic heterocycles. The third-order valence-corrected chi connectivity index (χ3v) is 6.03. The van der Waals surface area contributed by atoms with E-state index in [-0.39, 0.29) is 17.2 Å². The van der Waals surface area contributed by atoms with Crippen molar-refractivity contribution in [3.8, 4) is 5.75 Å². The van der Waals surface area contributed by atoms with E-state index in [0.29, 0.717) is 18.1 Å². The number of hydrogen-bond acceptors (Lipinski definition) is 5. The number of sulfonamides is 1. The summed E-state index contributed by atoms with van der Waals surface area (Å²) in [5.74, 6) is 0.726. The molecule has 0 radical (unpaired) electrons. The smallest absolute Gasteiger partial charge is 0.241 e. The van der Waals surface area contributed by atoms with Crippen molar-refractivity contribution in [1.29, 1.82) is 0 Å². The summed E-state index contributed by atoms with van der Waals surface area (Å²) in [7, 11) is -2.33. The van der Waals surface area contributed by atoms with E-state index in [1.54, 1.807) is 24.3 Å². The van der Waals surface area contributed by atoms with Gasteiger partial charge in [-0.25, -0.2) is 8.42 Å². The van der Waals surface area contributed by atoms with Crippen LogP contribution in [-0.4, -0.2) is 28.0 Å². The van der Waals surface area contributed by atoms with Crippen LogP contribution in [-0.2, 0) is 14.8 Å². The third kappa shape index (κ3) is 7.55. The molecule has 1 atom stereocenters. The fourth-order valence-corrected chi connectivity index (χ4v) is 4.12. The molecule has 0 unspecified atom stereocenters. The van der Waals surface area contributed by atoms with Crippen molar-refractivity contribution in [3.05, 3.63) is 48.4 Å². The Labute approximate surface area is 172 Å². The first kappa shape index (κ1) is 23.0. The van der Waals surface area contributed by atoms with Gasteiger partial charge in [0.25, 0.3) is 0 Å². The van der Waals surface area contributed by atoms with Crippen molar-refractivity contribution < 1.29 is 22.4 Å². The van der Waals surface area contributed by atoms with Crippen molar-refractivity contribution in [2.75, 3.05) is 13.7 Å². The number of amides is 1. The maximum Gasteiger partial charge on any atom is 0.241 e. The number of hydrogen-bond donors (Lipinski definition) is 2. The lowest BCUT2D eigenvalue weighted by Crippen LogP contribution is -2.34. The van der Waals surface area contributed by atoms with E-state index in [1.807, 2.05) is 0 Å². The minimum absolute atomic E-state index is 0.0438. The average molecular weight is 423 g/mol. The Morgan fingerprint density at radius 2 is 1.83 bits per heavy atom. The Hall–Kier alpha value is -2.32. The zero-order valence-corrected chi connectivity index (χ0v) is 17.8. The van der Waals surface area contributed by atoms with Crippen molar-refractivity contribution in [3.63, 3.8) is 0 Å². The summed E-state index contributed by atoms with van der Waals surface area (Å²) in [5.41, 5.74) is 0. The van der Waals surface area contributed by atoms with E-state index in [9.17, 15) is 13.2 Å². The number of rotatable bonds is 13. The molecule has 2 rings (SSSR count). The van der Waals surface area contributed by atoms with E-state index in [2.05, 4.69) is 17.0 Å². The molecule has 0 spiro atoms. The molecular weight excluding hydrogens is 392 g/mol. The summed E-state index contributed by atoms with van der Waals surface area (Å²) < 4.78 is 38.5. The van der Waals surface area contributed by atoms with Gasteiger partial charge < -0.3 is 14.5 Å².